The van der Waals surface area contributed by atoms with Gasteiger partial charge in [0.2, 0.25) is 0 Å². The number of aromatic nitrogens is 1. The van der Waals surface area contributed by atoms with Crippen LogP contribution in [-0.4, -0.2) is 19.3 Å². The van der Waals surface area contributed by atoms with E-state index in [1.165, 1.54) is 23.5 Å². The number of benzene rings is 4. The third kappa shape index (κ3) is 6.25. The fourth-order valence-corrected chi connectivity index (χ4v) is 6.31. The summed E-state index contributed by atoms with van der Waals surface area (Å²) in [5.41, 5.74) is 4.94. The first-order chi connectivity index (χ1) is 18.9. The average molecular weight is 554 g/mol. The van der Waals surface area contributed by atoms with Crippen molar-refractivity contribution in [2.75, 3.05) is 10.0 Å². The molecule has 196 valence electrons. The molecule has 1 heterocycles. The molecule has 8 heteroatoms. The maximum absolute atomic E-state index is 13.0. The SMILES string of the molecule is CCCc1sc(NC(=O)c2ccc(NS(=O)(=O)c3ccccc3)cc2)nc1-c1ccc(-c2ccccc2)cc1. The zero-order valence-corrected chi connectivity index (χ0v) is 22.9. The monoisotopic (exact) mass is 553 g/mol. The minimum absolute atomic E-state index is 0.170. The van der Waals surface area contributed by atoms with Crippen LogP contribution in [0.3, 0.4) is 0 Å². The van der Waals surface area contributed by atoms with Gasteiger partial charge in [-0.2, -0.15) is 0 Å². The fraction of sp³-hybridized carbons (Fsp3) is 0.0968. The minimum Gasteiger partial charge on any atom is -0.298 e. The number of nitrogens with one attached hydrogen (secondary N) is 2. The summed E-state index contributed by atoms with van der Waals surface area (Å²) in [4.78, 5) is 19.0. The predicted octanol–water partition coefficient (Wildman–Crippen LogP) is 7.48. The molecule has 6 nitrogen and oxygen atoms in total. The lowest BCUT2D eigenvalue weighted by Gasteiger charge is -2.08. The number of aryl methyl sites for hydroxylation is 1. The van der Waals surface area contributed by atoms with Crippen LogP contribution < -0.4 is 10.0 Å². The molecule has 0 atom stereocenters. The highest BCUT2D eigenvalue weighted by atomic mass is 32.2. The number of sulfonamides is 1. The van der Waals surface area contributed by atoms with Crippen LogP contribution in [0, 0.1) is 0 Å². The maximum atomic E-state index is 13.0. The molecule has 0 radical (unpaired) electrons. The topological polar surface area (TPSA) is 88.2 Å². The number of hydrogen-bond donors (Lipinski definition) is 2. The van der Waals surface area contributed by atoms with E-state index < -0.39 is 10.0 Å². The third-order valence-electron chi connectivity index (χ3n) is 6.11. The molecule has 0 spiro atoms. The van der Waals surface area contributed by atoms with Crippen molar-refractivity contribution in [3.63, 3.8) is 0 Å². The van der Waals surface area contributed by atoms with Gasteiger partial charge in [-0.15, -0.1) is 11.3 Å². The van der Waals surface area contributed by atoms with Crippen LogP contribution in [-0.2, 0) is 16.4 Å². The molecule has 0 saturated carbocycles. The van der Waals surface area contributed by atoms with Crippen molar-refractivity contribution < 1.29 is 13.2 Å². The van der Waals surface area contributed by atoms with E-state index in [1.807, 2.05) is 18.2 Å². The number of carbonyl (C=O) groups excluding carboxylic acids is 1. The Morgan fingerprint density at radius 1 is 0.769 bits per heavy atom. The van der Waals surface area contributed by atoms with E-state index in [-0.39, 0.29) is 10.8 Å². The summed E-state index contributed by atoms with van der Waals surface area (Å²) >= 11 is 1.48. The van der Waals surface area contributed by atoms with Gasteiger partial charge in [0.15, 0.2) is 5.13 Å². The molecule has 1 amide bonds. The highest BCUT2D eigenvalue weighted by Gasteiger charge is 2.17. The third-order valence-corrected chi connectivity index (χ3v) is 8.54. The molecule has 0 fully saturated rings. The van der Waals surface area contributed by atoms with Crippen LogP contribution in [0.5, 0.6) is 0 Å². The van der Waals surface area contributed by atoms with Gasteiger partial charge in [-0.25, -0.2) is 13.4 Å². The lowest BCUT2D eigenvalue weighted by Crippen LogP contribution is -2.14. The molecular weight excluding hydrogens is 526 g/mol. The van der Waals surface area contributed by atoms with Crippen LogP contribution in [0.1, 0.15) is 28.6 Å². The molecule has 0 aliphatic rings. The van der Waals surface area contributed by atoms with Gasteiger partial charge in [0.1, 0.15) is 0 Å². The zero-order valence-electron chi connectivity index (χ0n) is 21.3. The first kappa shape index (κ1) is 26.3. The van der Waals surface area contributed by atoms with E-state index in [9.17, 15) is 13.2 Å². The second-order valence-corrected chi connectivity index (χ2v) is 11.7. The van der Waals surface area contributed by atoms with E-state index in [0.717, 1.165) is 40.1 Å². The summed E-state index contributed by atoms with van der Waals surface area (Å²) < 4.78 is 27.7. The van der Waals surface area contributed by atoms with Crippen LogP contribution in [0.4, 0.5) is 10.8 Å². The highest BCUT2D eigenvalue weighted by Crippen LogP contribution is 2.33. The van der Waals surface area contributed by atoms with Gasteiger partial charge < -0.3 is 0 Å². The lowest BCUT2D eigenvalue weighted by atomic mass is 10.0. The van der Waals surface area contributed by atoms with Gasteiger partial charge in [-0.3, -0.25) is 14.8 Å². The van der Waals surface area contributed by atoms with Crippen LogP contribution in [0.2, 0.25) is 0 Å². The van der Waals surface area contributed by atoms with Gasteiger partial charge in [-0.05, 0) is 53.9 Å². The van der Waals surface area contributed by atoms with E-state index in [0.29, 0.717) is 16.4 Å². The number of hydrogen-bond acceptors (Lipinski definition) is 5. The van der Waals surface area contributed by atoms with E-state index >= 15 is 0 Å². The van der Waals surface area contributed by atoms with Crippen molar-refractivity contribution in [2.24, 2.45) is 0 Å². The summed E-state index contributed by atoms with van der Waals surface area (Å²) in [5, 5.41) is 3.44. The molecule has 1 aromatic heterocycles. The van der Waals surface area contributed by atoms with Crippen molar-refractivity contribution in [1.82, 2.24) is 4.98 Å². The van der Waals surface area contributed by atoms with E-state index in [2.05, 4.69) is 53.4 Å². The Morgan fingerprint density at radius 3 is 2.00 bits per heavy atom. The van der Waals surface area contributed by atoms with Crippen molar-refractivity contribution in [2.45, 2.75) is 24.7 Å². The van der Waals surface area contributed by atoms with Crippen molar-refractivity contribution >= 4 is 38.1 Å². The van der Waals surface area contributed by atoms with Gasteiger partial charge >= 0.3 is 0 Å². The molecule has 2 N–H and O–H groups in total. The van der Waals surface area contributed by atoms with Crippen molar-refractivity contribution in [3.05, 3.63) is 120 Å². The molecule has 0 aliphatic carbocycles. The summed E-state index contributed by atoms with van der Waals surface area (Å²) in [7, 11) is -3.71. The smallest absolute Gasteiger partial charge is 0.261 e. The Labute approximate surface area is 232 Å². The summed E-state index contributed by atoms with van der Waals surface area (Å²) in [6.45, 7) is 2.12. The first-order valence-electron chi connectivity index (χ1n) is 12.6. The maximum Gasteiger partial charge on any atom is 0.261 e. The highest BCUT2D eigenvalue weighted by molar-refractivity contribution is 7.92. The Hall–Kier alpha value is -4.27. The Balaban J connectivity index is 1.30. The first-order valence-corrected chi connectivity index (χ1v) is 14.9. The Kier molecular flexibility index (Phi) is 7.86. The van der Waals surface area contributed by atoms with Crippen LogP contribution in [0.15, 0.2) is 114 Å². The Morgan fingerprint density at radius 2 is 1.36 bits per heavy atom. The van der Waals surface area contributed by atoms with Gasteiger partial charge in [0.25, 0.3) is 15.9 Å². The zero-order chi connectivity index (χ0) is 27.2. The molecule has 5 rings (SSSR count). The summed E-state index contributed by atoms with van der Waals surface area (Å²) in [5.74, 6) is -0.310. The van der Waals surface area contributed by atoms with Crippen LogP contribution >= 0.6 is 11.3 Å². The number of anilines is 2. The second-order valence-electron chi connectivity index (χ2n) is 8.93. The number of nitrogens with zero attached hydrogens (tertiary/aromatic N) is 1. The van der Waals surface area contributed by atoms with Gasteiger partial charge in [0.05, 0.1) is 10.6 Å². The largest absolute Gasteiger partial charge is 0.298 e. The second kappa shape index (κ2) is 11.6. The summed E-state index contributed by atoms with van der Waals surface area (Å²) in [6, 6.07) is 33.0. The number of carbonyl (C=O) groups is 1. The molecule has 0 aliphatic heterocycles. The average Bonchev–Trinajstić information content (AvgIpc) is 3.36. The minimum atomic E-state index is -3.71. The van der Waals surface area contributed by atoms with Crippen LogP contribution in [0.25, 0.3) is 22.4 Å². The van der Waals surface area contributed by atoms with E-state index in [4.69, 9.17) is 4.98 Å². The molecule has 4 aromatic carbocycles. The molecular formula is C31H27N3O3S2. The quantitative estimate of drug-likeness (QED) is 0.198. The molecule has 5 aromatic rings. The number of thiazole rings is 1. The Bertz CT molecular complexity index is 1670. The van der Waals surface area contributed by atoms with Crippen molar-refractivity contribution in [3.8, 4) is 22.4 Å². The molecule has 39 heavy (non-hydrogen) atoms. The van der Waals surface area contributed by atoms with E-state index in [1.54, 1.807) is 42.5 Å². The normalized spacial score (nSPS) is 11.2. The lowest BCUT2D eigenvalue weighted by molar-refractivity contribution is 0.102. The van der Waals surface area contributed by atoms with Crippen molar-refractivity contribution in [1.29, 1.82) is 0 Å². The molecule has 0 saturated heterocycles. The molecule has 0 bridgehead atoms. The standard InChI is InChI=1S/C31H27N3O3S2/c1-2-9-28-29(24-16-14-23(15-17-24)22-10-5-3-6-11-22)32-31(38-28)33-30(35)25-18-20-26(21-19-25)34-39(36,37)27-12-7-4-8-13-27/h3-8,10-21,34H,2,9H2,1H3,(H,32,33,35). The predicted molar refractivity (Wildman–Crippen MR) is 159 cm³/mol. The number of amides is 1. The molecule has 0 unspecified atom stereocenters. The summed E-state index contributed by atoms with van der Waals surface area (Å²) in [6.07, 6.45) is 1.82. The number of rotatable bonds is 9. The van der Waals surface area contributed by atoms with Gasteiger partial charge in [-0.1, -0.05) is 86.1 Å². The fourth-order valence-electron chi connectivity index (χ4n) is 4.15. The van der Waals surface area contributed by atoms with Gasteiger partial charge in [0, 0.05) is 21.7 Å².